The van der Waals surface area contributed by atoms with E-state index in [1.54, 1.807) is 0 Å². The first kappa shape index (κ1) is 10.5. The quantitative estimate of drug-likeness (QED) is 0.620. The molecule has 0 unspecified atom stereocenters. The van der Waals surface area contributed by atoms with Crippen LogP contribution in [0.25, 0.3) is 0 Å². The van der Waals surface area contributed by atoms with Gasteiger partial charge in [-0.2, -0.15) is 0 Å². The van der Waals surface area contributed by atoms with Crippen molar-refractivity contribution in [3.8, 4) is 0 Å². The molecule has 0 fully saturated rings. The molecule has 0 aliphatic carbocycles. The second-order valence-electron chi connectivity index (χ2n) is 0.957. The Kier molecular flexibility index (Phi) is 17.0. The van der Waals surface area contributed by atoms with E-state index < -0.39 is 0 Å². The molecule has 0 rings (SSSR count). The fraction of sp³-hybridized carbons (Fsp3) is 1.00. The minimum atomic E-state index is 0. The van der Waals surface area contributed by atoms with Crippen molar-refractivity contribution < 1.29 is 0 Å². The molecule has 0 aromatic rings. The Morgan fingerprint density at radius 2 is 1.50 bits per heavy atom. The van der Waals surface area contributed by atoms with Gasteiger partial charge in [-0.3, -0.25) is 0 Å². The maximum atomic E-state index is 3.11. The molecule has 0 aliphatic rings. The summed E-state index contributed by atoms with van der Waals surface area (Å²) in [7, 11) is 0. The molecule has 0 aromatic carbocycles. The summed E-state index contributed by atoms with van der Waals surface area (Å²) < 4.78 is 0. The Labute approximate surface area is 80.0 Å². The van der Waals surface area contributed by atoms with Crippen LogP contribution in [0.2, 0.25) is 0 Å². The van der Waals surface area contributed by atoms with Crippen LogP contribution in [-0.2, 0) is 0 Å². The van der Waals surface area contributed by atoms with Crippen LogP contribution < -0.4 is 5.32 Å². The van der Waals surface area contributed by atoms with Gasteiger partial charge >= 0.3 is 48.9 Å². The van der Waals surface area contributed by atoms with Crippen LogP contribution in [0, 0.1) is 0 Å². The van der Waals surface area contributed by atoms with E-state index in [4.69, 9.17) is 0 Å². The molecule has 6 heavy (non-hydrogen) atoms. The van der Waals surface area contributed by atoms with Crippen LogP contribution in [0.4, 0.5) is 0 Å². The van der Waals surface area contributed by atoms with Crippen LogP contribution >= 0.6 is 0 Å². The predicted octanol–water partition coefficient (Wildman–Crippen LogP) is -0.300. The SMILES string of the molecule is CCNCC.[BaH2]. The van der Waals surface area contributed by atoms with Crippen molar-refractivity contribution in [2.24, 2.45) is 0 Å². The Morgan fingerprint density at radius 1 is 1.17 bits per heavy atom. The van der Waals surface area contributed by atoms with Crippen molar-refractivity contribution in [2.45, 2.75) is 13.8 Å². The van der Waals surface area contributed by atoms with E-state index in [9.17, 15) is 0 Å². The number of hydrogen-bond donors (Lipinski definition) is 1. The van der Waals surface area contributed by atoms with Gasteiger partial charge in [0.15, 0.2) is 0 Å². The second-order valence-corrected chi connectivity index (χ2v) is 0.957. The fourth-order valence-electron chi connectivity index (χ4n) is 0.250. The molecule has 1 nitrogen and oxygen atoms in total. The summed E-state index contributed by atoms with van der Waals surface area (Å²) in [5.74, 6) is 0. The first-order chi connectivity index (χ1) is 2.41. The van der Waals surface area contributed by atoms with Crippen LogP contribution in [0.1, 0.15) is 13.8 Å². The zero-order valence-corrected chi connectivity index (χ0v) is 3.91. The Bertz CT molecular complexity index is 15.0. The third-order valence-electron chi connectivity index (χ3n) is 0.500. The van der Waals surface area contributed by atoms with Gasteiger partial charge < -0.3 is 5.32 Å². The van der Waals surface area contributed by atoms with Crippen molar-refractivity contribution in [1.29, 1.82) is 0 Å². The Morgan fingerprint density at radius 3 is 1.50 bits per heavy atom. The molecule has 0 amide bonds. The van der Waals surface area contributed by atoms with E-state index in [1.165, 1.54) is 0 Å². The van der Waals surface area contributed by atoms with Crippen molar-refractivity contribution in [3.63, 3.8) is 0 Å². The van der Waals surface area contributed by atoms with Crippen LogP contribution in [-0.4, -0.2) is 62.0 Å². The van der Waals surface area contributed by atoms with E-state index in [0.29, 0.717) is 0 Å². The summed E-state index contributed by atoms with van der Waals surface area (Å²) in [5, 5.41) is 3.11. The number of hydrogen-bond acceptors (Lipinski definition) is 1. The average molecular weight is 212 g/mol. The first-order valence-corrected chi connectivity index (χ1v) is 2.12. The molecule has 0 aromatic heterocycles. The van der Waals surface area contributed by atoms with Crippen LogP contribution in [0.5, 0.6) is 0 Å². The number of rotatable bonds is 2. The molecule has 0 atom stereocenters. The van der Waals surface area contributed by atoms with Crippen molar-refractivity contribution >= 4 is 48.9 Å². The van der Waals surface area contributed by atoms with Gasteiger partial charge in [-0.05, 0) is 13.1 Å². The molecular weight excluding hydrogens is 199 g/mol. The molecule has 0 aliphatic heterocycles. The second kappa shape index (κ2) is 9.73. The van der Waals surface area contributed by atoms with Gasteiger partial charge in [-0.15, -0.1) is 0 Å². The van der Waals surface area contributed by atoms with Crippen LogP contribution in [0.3, 0.4) is 0 Å². The topological polar surface area (TPSA) is 12.0 Å². The standard InChI is InChI=1S/C4H11N.Ba.2H/c1-3-5-4-2;;;/h5H,3-4H2,1-2H3;;;. The fourth-order valence-corrected chi connectivity index (χ4v) is 0.250. The van der Waals surface area contributed by atoms with Gasteiger partial charge in [0.2, 0.25) is 0 Å². The van der Waals surface area contributed by atoms with Crippen molar-refractivity contribution in [2.75, 3.05) is 13.1 Å². The zero-order valence-electron chi connectivity index (χ0n) is 3.91. The molecule has 0 heterocycles. The normalized spacial score (nSPS) is 7.00. The monoisotopic (exact) mass is 213 g/mol. The molecule has 36 valence electrons. The van der Waals surface area contributed by atoms with Gasteiger partial charge in [0.05, 0.1) is 0 Å². The predicted molar refractivity (Wildman–Crippen MR) is 32.8 cm³/mol. The zero-order chi connectivity index (χ0) is 4.12. The van der Waals surface area contributed by atoms with Gasteiger partial charge in [-0.1, -0.05) is 13.8 Å². The van der Waals surface area contributed by atoms with E-state index >= 15 is 0 Å². The molecule has 2 heteroatoms. The molecular formula is C4H13BaN. The average Bonchev–Trinajstić information content (AvgIpc) is 1.41. The van der Waals surface area contributed by atoms with E-state index in [-0.39, 0.29) is 48.9 Å². The molecule has 1 N–H and O–H groups in total. The first-order valence-electron chi connectivity index (χ1n) is 2.12. The summed E-state index contributed by atoms with van der Waals surface area (Å²) in [6.45, 7) is 6.39. The minimum absolute atomic E-state index is 0. The summed E-state index contributed by atoms with van der Waals surface area (Å²) in [6.07, 6.45) is 0. The molecule has 0 saturated heterocycles. The van der Waals surface area contributed by atoms with Gasteiger partial charge in [-0.25, -0.2) is 0 Å². The van der Waals surface area contributed by atoms with Gasteiger partial charge in [0, 0.05) is 0 Å². The van der Waals surface area contributed by atoms with Crippen molar-refractivity contribution in [1.82, 2.24) is 5.32 Å². The molecule has 0 saturated carbocycles. The van der Waals surface area contributed by atoms with Crippen LogP contribution in [0.15, 0.2) is 0 Å². The van der Waals surface area contributed by atoms with Gasteiger partial charge in [0.25, 0.3) is 0 Å². The molecule has 0 radical (unpaired) electrons. The van der Waals surface area contributed by atoms with E-state index in [0.717, 1.165) is 13.1 Å². The maximum absolute atomic E-state index is 3.11. The summed E-state index contributed by atoms with van der Waals surface area (Å²) in [5.41, 5.74) is 0. The third kappa shape index (κ3) is 9.11. The Balaban J connectivity index is 0. The van der Waals surface area contributed by atoms with Gasteiger partial charge in [0.1, 0.15) is 0 Å². The Hall–Kier alpha value is 1.53. The van der Waals surface area contributed by atoms with E-state index in [2.05, 4.69) is 19.2 Å². The summed E-state index contributed by atoms with van der Waals surface area (Å²) in [4.78, 5) is 0. The summed E-state index contributed by atoms with van der Waals surface area (Å²) >= 11 is 0. The molecule has 0 bridgehead atoms. The summed E-state index contributed by atoms with van der Waals surface area (Å²) in [6, 6.07) is 0. The third-order valence-corrected chi connectivity index (χ3v) is 0.500. The van der Waals surface area contributed by atoms with Crippen molar-refractivity contribution in [3.05, 3.63) is 0 Å². The van der Waals surface area contributed by atoms with E-state index in [1.807, 2.05) is 0 Å². The molecule has 0 spiro atoms. The number of nitrogens with one attached hydrogen (secondary N) is 1.